The quantitative estimate of drug-likeness (QED) is 0.442. The Kier molecular flexibility index (Phi) is 4.00. The Morgan fingerprint density at radius 2 is 1.97 bits per heavy atom. The van der Waals surface area contributed by atoms with Gasteiger partial charge in [-0.05, 0) is 37.5 Å². The van der Waals surface area contributed by atoms with Gasteiger partial charge in [-0.25, -0.2) is 19.5 Å². The summed E-state index contributed by atoms with van der Waals surface area (Å²) in [4.78, 5) is 13.5. The normalized spacial score (nSPS) is 13.7. The largest absolute Gasteiger partial charge is 0.508 e. The molecule has 5 aromatic heterocycles. The van der Waals surface area contributed by atoms with Gasteiger partial charge in [0.25, 0.3) is 0 Å². The molecule has 0 atom stereocenters. The number of pyridine rings is 1. The van der Waals surface area contributed by atoms with Crippen LogP contribution in [0, 0.1) is 6.92 Å². The molecule has 0 amide bonds. The van der Waals surface area contributed by atoms with Crippen molar-refractivity contribution in [2.45, 2.75) is 25.8 Å². The fourth-order valence-corrected chi connectivity index (χ4v) is 3.89. The summed E-state index contributed by atoms with van der Waals surface area (Å²) in [6.07, 6.45) is 11.5. The Balaban J connectivity index is 1.53. The molecule has 1 fully saturated rings. The molecule has 5 aromatic rings. The van der Waals surface area contributed by atoms with Crippen LogP contribution in [0.25, 0.3) is 28.4 Å². The van der Waals surface area contributed by atoms with Crippen LogP contribution in [0.4, 0.5) is 11.6 Å². The molecular formula is C22H21N9O. The molecule has 2 N–H and O–H groups in total. The summed E-state index contributed by atoms with van der Waals surface area (Å²) < 4.78 is 5.72. The standard InChI is InChI=1S/C22H21N9O/c1-13-16(17-6-9-30(27-17)14-3-4-14)12-31-19(13)20(25-18-11-15(32)5-7-23-18)26-21(28-31)22-24-8-10-29(22)2/h5-12,14H,3-4H2,1-2H3,(H2,23,25,26,28,32). The number of nitrogens with one attached hydrogen (secondary N) is 1. The third-order valence-electron chi connectivity index (χ3n) is 5.70. The van der Waals surface area contributed by atoms with Crippen LogP contribution in [0.3, 0.4) is 0 Å². The highest BCUT2D eigenvalue weighted by Crippen LogP contribution is 2.36. The third kappa shape index (κ3) is 3.08. The van der Waals surface area contributed by atoms with Crippen molar-refractivity contribution in [3.8, 4) is 28.7 Å². The number of hydrogen-bond donors (Lipinski definition) is 2. The molecule has 6 rings (SSSR count). The van der Waals surface area contributed by atoms with Gasteiger partial charge in [0, 0.05) is 49.7 Å². The molecule has 10 heteroatoms. The monoisotopic (exact) mass is 427 g/mol. The van der Waals surface area contributed by atoms with Gasteiger partial charge in [0.1, 0.15) is 17.1 Å². The Hall–Kier alpha value is -4.21. The topological polar surface area (TPSA) is 111 Å². The Bertz CT molecular complexity index is 1460. The first-order chi connectivity index (χ1) is 15.6. The molecule has 0 saturated heterocycles. The second kappa shape index (κ2) is 6.91. The van der Waals surface area contributed by atoms with Crippen molar-refractivity contribution in [2.24, 2.45) is 7.05 Å². The first kappa shape index (κ1) is 18.6. The van der Waals surface area contributed by atoms with Gasteiger partial charge in [-0.3, -0.25) is 4.68 Å². The SMILES string of the molecule is Cc1c(-c2ccn(C3CC3)n2)cn2nc(-c3nccn3C)nc(Nc3cc(O)ccn3)c12. The molecule has 32 heavy (non-hydrogen) atoms. The zero-order valence-electron chi connectivity index (χ0n) is 17.6. The molecular weight excluding hydrogens is 406 g/mol. The van der Waals surface area contributed by atoms with E-state index in [1.165, 1.54) is 25.1 Å². The van der Waals surface area contributed by atoms with Crippen molar-refractivity contribution in [1.29, 1.82) is 0 Å². The van der Waals surface area contributed by atoms with Crippen LogP contribution < -0.4 is 5.32 Å². The van der Waals surface area contributed by atoms with Gasteiger partial charge in [0.05, 0.1) is 11.7 Å². The number of aryl methyl sites for hydroxylation is 2. The van der Waals surface area contributed by atoms with Crippen LogP contribution in [0.15, 0.2) is 49.2 Å². The zero-order chi connectivity index (χ0) is 21.8. The number of fused-ring (bicyclic) bond motifs is 1. The molecule has 0 aromatic carbocycles. The number of anilines is 2. The second-order valence-corrected chi connectivity index (χ2v) is 8.04. The van der Waals surface area contributed by atoms with Gasteiger partial charge in [-0.15, -0.1) is 5.10 Å². The van der Waals surface area contributed by atoms with Crippen molar-refractivity contribution < 1.29 is 5.11 Å². The lowest BCUT2D eigenvalue weighted by atomic mass is 10.1. The minimum absolute atomic E-state index is 0.121. The highest BCUT2D eigenvalue weighted by molar-refractivity contribution is 5.84. The molecule has 0 spiro atoms. The lowest BCUT2D eigenvalue weighted by Gasteiger charge is -2.10. The fraction of sp³-hybridized carbons (Fsp3) is 0.227. The molecule has 0 aliphatic heterocycles. The van der Waals surface area contributed by atoms with Crippen LogP contribution >= 0.6 is 0 Å². The van der Waals surface area contributed by atoms with Crippen LogP contribution in [-0.2, 0) is 7.05 Å². The molecule has 0 unspecified atom stereocenters. The van der Waals surface area contributed by atoms with Crippen LogP contribution in [0.1, 0.15) is 24.4 Å². The lowest BCUT2D eigenvalue weighted by Crippen LogP contribution is -2.06. The van der Waals surface area contributed by atoms with Gasteiger partial charge >= 0.3 is 0 Å². The third-order valence-corrected chi connectivity index (χ3v) is 5.70. The molecule has 0 radical (unpaired) electrons. The maximum Gasteiger partial charge on any atom is 0.218 e. The maximum atomic E-state index is 9.86. The number of aromatic hydroxyl groups is 1. The molecule has 5 heterocycles. The Morgan fingerprint density at radius 1 is 1.09 bits per heavy atom. The van der Waals surface area contributed by atoms with E-state index in [1.54, 1.807) is 12.3 Å². The van der Waals surface area contributed by atoms with E-state index in [0.29, 0.717) is 29.3 Å². The van der Waals surface area contributed by atoms with E-state index in [2.05, 4.69) is 15.3 Å². The summed E-state index contributed by atoms with van der Waals surface area (Å²) in [6.45, 7) is 2.03. The summed E-state index contributed by atoms with van der Waals surface area (Å²) in [5.41, 5.74) is 3.70. The number of imidazole rings is 1. The lowest BCUT2D eigenvalue weighted by molar-refractivity contribution is 0.475. The summed E-state index contributed by atoms with van der Waals surface area (Å²) in [6, 6.07) is 5.63. The van der Waals surface area contributed by atoms with E-state index in [0.717, 1.165) is 22.3 Å². The summed E-state index contributed by atoms with van der Waals surface area (Å²) in [5.74, 6) is 2.29. The Morgan fingerprint density at radius 3 is 2.72 bits per heavy atom. The molecule has 1 aliphatic carbocycles. The van der Waals surface area contributed by atoms with E-state index in [1.807, 2.05) is 52.4 Å². The van der Waals surface area contributed by atoms with Gasteiger partial charge < -0.3 is 15.0 Å². The van der Waals surface area contributed by atoms with Gasteiger partial charge in [-0.2, -0.15) is 5.10 Å². The van der Waals surface area contributed by atoms with Gasteiger partial charge in [0.2, 0.25) is 5.82 Å². The first-order valence-corrected chi connectivity index (χ1v) is 10.4. The zero-order valence-corrected chi connectivity index (χ0v) is 17.6. The second-order valence-electron chi connectivity index (χ2n) is 8.04. The molecule has 160 valence electrons. The fourth-order valence-electron chi connectivity index (χ4n) is 3.89. The summed E-state index contributed by atoms with van der Waals surface area (Å²) in [7, 11) is 1.90. The van der Waals surface area contributed by atoms with Crippen molar-refractivity contribution in [1.82, 2.24) is 38.9 Å². The molecule has 10 nitrogen and oxygen atoms in total. The van der Waals surface area contributed by atoms with Crippen molar-refractivity contribution in [2.75, 3.05) is 5.32 Å². The predicted octanol–water partition coefficient (Wildman–Crippen LogP) is 3.48. The van der Waals surface area contributed by atoms with Crippen molar-refractivity contribution in [3.05, 3.63) is 54.7 Å². The van der Waals surface area contributed by atoms with Crippen LogP contribution in [0.5, 0.6) is 5.75 Å². The Labute approximate surface area is 183 Å². The number of hydrogen-bond acceptors (Lipinski definition) is 7. The van der Waals surface area contributed by atoms with E-state index in [4.69, 9.17) is 15.2 Å². The van der Waals surface area contributed by atoms with Crippen LogP contribution in [-0.4, -0.2) is 44.0 Å². The average molecular weight is 427 g/mol. The first-order valence-electron chi connectivity index (χ1n) is 10.4. The number of aromatic nitrogens is 8. The van der Waals surface area contributed by atoms with E-state index in [9.17, 15) is 5.11 Å². The molecule has 0 bridgehead atoms. The number of nitrogens with zero attached hydrogens (tertiary/aromatic N) is 8. The number of rotatable bonds is 5. The van der Waals surface area contributed by atoms with E-state index < -0.39 is 0 Å². The molecule has 1 aliphatic rings. The predicted molar refractivity (Wildman–Crippen MR) is 119 cm³/mol. The van der Waals surface area contributed by atoms with Gasteiger partial charge in [0.15, 0.2) is 11.6 Å². The van der Waals surface area contributed by atoms with E-state index in [-0.39, 0.29) is 5.75 Å². The van der Waals surface area contributed by atoms with E-state index >= 15 is 0 Å². The highest BCUT2D eigenvalue weighted by atomic mass is 16.3. The smallest absolute Gasteiger partial charge is 0.218 e. The minimum atomic E-state index is 0.121. The minimum Gasteiger partial charge on any atom is -0.508 e. The molecule has 1 saturated carbocycles. The summed E-state index contributed by atoms with van der Waals surface area (Å²) >= 11 is 0. The maximum absolute atomic E-state index is 9.86. The van der Waals surface area contributed by atoms with Crippen LogP contribution in [0.2, 0.25) is 0 Å². The van der Waals surface area contributed by atoms with Crippen molar-refractivity contribution in [3.63, 3.8) is 0 Å². The van der Waals surface area contributed by atoms with Gasteiger partial charge in [-0.1, -0.05) is 0 Å². The van der Waals surface area contributed by atoms with Crippen molar-refractivity contribution >= 4 is 17.2 Å². The average Bonchev–Trinajstić information content (AvgIpc) is 3.18. The highest BCUT2D eigenvalue weighted by Gasteiger charge is 2.25. The summed E-state index contributed by atoms with van der Waals surface area (Å²) in [5, 5.41) is 22.6.